The number of rotatable bonds is 4. The summed E-state index contributed by atoms with van der Waals surface area (Å²) in [6, 6.07) is 6.69. The van der Waals surface area contributed by atoms with Gasteiger partial charge in [-0.3, -0.25) is 4.79 Å². The predicted octanol–water partition coefficient (Wildman–Crippen LogP) is 2.75. The van der Waals surface area contributed by atoms with Gasteiger partial charge in [0.25, 0.3) is 5.91 Å². The highest BCUT2D eigenvalue weighted by Gasteiger charge is 2.33. The fourth-order valence-electron chi connectivity index (χ4n) is 3.91. The van der Waals surface area contributed by atoms with Gasteiger partial charge in [-0.05, 0) is 42.9 Å². The van der Waals surface area contributed by atoms with Crippen molar-refractivity contribution < 1.29 is 17.9 Å². The molecule has 0 radical (unpaired) electrons. The lowest BCUT2D eigenvalue weighted by Gasteiger charge is -2.30. The number of morpholine rings is 1. The Kier molecular flexibility index (Phi) is 5.93. The summed E-state index contributed by atoms with van der Waals surface area (Å²) in [7, 11) is -3.60. The molecule has 0 saturated carbocycles. The molecule has 150 valence electrons. The fraction of sp³-hybridized carbons (Fsp3) is 0.650. The van der Waals surface area contributed by atoms with Gasteiger partial charge in [-0.15, -0.1) is 0 Å². The van der Waals surface area contributed by atoms with E-state index in [1.807, 2.05) is 4.90 Å². The van der Waals surface area contributed by atoms with Gasteiger partial charge in [0.2, 0.25) is 10.0 Å². The van der Waals surface area contributed by atoms with E-state index >= 15 is 0 Å². The number of amides is 1. The molecular weight excluding hydrogens is 364 g/mol. The molecule has 0 bridgehead atoms. The fourth-order valence-corrected chi connectivity index (χ4v) is 5.37. The Morgan fingerprint density at radius 2 is 1.89 bits per heavy atom. The van der Waals surface area contributed by atoms with Crippen LogP contribution < -0.4 is 0 Å². The highest BCUT2D eigenvalue weighted by atomic mass is 32.2. The molecule has 27 heavy (non-hydrogen) atoms. The average Bonchev–Trinajstić information content (AvgIpc) is 3.08. The Balaban J connectivity index is 1.81. The first kappa shape index (κ1) is 20.3. The van der Waals surface area contributed by atoms with Crippen molar-refractivity contribution in [1.82, 2.24) is 9.21 Å². The molecule has 0 aromatic heterocycles. The average molecular weight is 395 g/mol. The van der Waals surface area contributed by atoms with Gasteiger partial charge in [-0.2, -0.15) is 4.31 Å². The number of ether oxygens (including phenoxy) is 1. The van der Waals surface area contributed by atoms with Crippen LogP contribution in [0.4, 0.5) is 0 Å². The summed E-state index contributed by atoms with van der Waals surface area (Å²) in [5, 5.41) is 0. The van der Waals surface area contributed by atoms with E-state index in [4.69, 9.17) is 4.74 Å². The number of benzene rings is 1. The van der Waals surface area contributed by atoms with E-state index in [0.29, 0.717) is 31.9 Å². The van der Waals surface area contributed by atoms with Crippen LogP contribution in [-0.4, -0.2) is 62.4 Å². The maximum absolute atomic E-state index is 13.1. The van der Waals surface area contributed by atoms with Crippen LogP contribution in [0.25, 0.3) is 0 Å². The lowest BCUT2D eigenvalue weighted by molar-refractivity contribution is 0.0703. The molecule has 1 amide bonds. The first-order chi connectivity index (χ1) is 12.7. The van der Waals surface area contributed by atoms with Crippen LogP contribution >= 0.6 is 0 Å². The Morgan fingerprint density at radius 1 is 1.19 bits per heavy atom. The number of carbonyl (C=O) groups excluding carboxylic acids is 1. The Hall–Kier alpha value is -1.44. The molecule has 2 saturated heterocycles. The molecule has 3 rings (SSSR count). The summed E-state index contributed by atoms with van der Waals surface area (Å²) >= 11 is 0. The van der Waals surface area contributed by atoms with Gasteiger partial charge < -0.3 is 9.64 Å². The number of likely N-dealkylation sites (tertiary alicyclic amines) is 1. The van der Waals surface area contributed by atoms with Gasteiger partial charge in [0.05, 0.1) is 18.1 Å². The minimum Gasteiger partial charge on any atom is -0.379 e. The zero-order valence-corrected chi connectivity index (χ0v) is 17.3. The van der Waals surface area contributed by atoms with E-state index in [1.54, 1.807) is 18.2 Å². The zero-order chi connectivity index (χ0) is 19.7. The number of carbonyl (C=O) groups is 1. The van der Waals surface area contributed by atoms with Crippen molar-refractivity contribution in [1.29, 1.82) is 0 Å². The van der Waals surface area contributed by atoms with Crippen LogP contribution in [0.2, 0.25) is 0 Å². The molecule has 1 unspecified atom stereocenters. The predicted molar refractivity (Wildman–Crippen MR) is 104 cm³/mol. The highest BCUT2D eigenvalue weighted by molar-refractivity contribution is 7.89. The second-order valence-electron chi connectivity index (χ2n) is 8.60. The molecule has 1 atom stereocenters. The maximum atomic E-state index is 13.1. The van der Waals surface area contributed by atoms with Crippen molar-refractivity contribution in [2.45, 2.75) is 51.0 Å². The topological polar surface area (TPSA) is 66.9 Å². The second-order valence-corrected chi connectivity index (χ2v) is 10.5. The number of sulfonamides is 1. The Morgan fingerprint density at radius 3 is 2.56 bits per heavy atom. The first-order valence-electron chi connectivity index (χ1n) is 9.67. The molecule has 0 spiro atoms. The van der Waals surface area contributed by atoms with E-state index in [2.05, 4.69) is 20.8 Å². The Labute approximate surface area is 162 Å². The van der Waals surface area contributed by atoms with Crippen molar-refractivity contribution >= 4 is 15.9 Å². The first-order valence-corrected chi connectivity index (χ1v) is 11.1. The molecule has 0 aliphatic carbocycles. The third-order valence-corrected chi connectivity index (χ3v) is 7.07. The SMILES string of the molecule is CC(C)(C)CC1CCCN1C(=O)c1cccc(S(=O)(=O)N2CCOCC2)c1. The molecule has 1 aromatic carbocycles. The minimum absolute atomic E-state index is 0.0687. The van der Waals surface area contributed by atoms with E-state index in [1.165, 1.54) is 10.4 Å². The molecule has 6 nitrogen and oxygen atoms in total. The summed E-state index contributed by atoms with van der Waals surface area (Å²) in [5.41, 5.74) is 0.597. The second kappa shape index (κ2) is 7.89. The van der Waals surface area contributed by atoms with E-state index < -0.39 is 10.0 Å². The molecule has 1 aromatic rings. The van der Waals surface area contributed by atoms with Gasteiger partial charge in [-0.25, -0.2) is 8.42 Å². The maximum Gasteiger partial charge on any atom is 0.254 e. The van der Waals surface area contributed by atoms with Crippen molar-refractivity contribution in [3.63, 3.8) is 0 Å². The smallest absolute Gasteiger partial charge is 0.254 e. The molecule has 2 fully saturated rings. The molecular formula is C20H30N2O4S. The van der Waals surface area contributed by atoms with Crippen LogP contribution in [0.15, 0.2) is 29.2 Å². The van der Waals surface area contributed by atoms with Crippen LogP contribution in [0.5, 0.6) is 0 Å². The molecule has 0 N–H and O–H groups in total. The minimum atomic E-state index is -3.60. The van der Waals surface area contributed by atoms with Crippen molar-refractivity contribution in [3.8, 4) is 0 Å². The van der Waals surface area contributed by atoms with Gasteiger partial charge in [0.15, 0.2) is 0 Å². The monoisotopic (exact) mass is 394 g/mol. The quantitative estimate of drug-likeness (QED) is 0.788. The molecule has 2 aliphatic heterocycles. The van der Waals surface area contributed by atoms with Crippen molar-refractivity contribution in [3.05, 3.63) is 29.8 Å². The van der Waals surface area contributed by atoms with E-state index in [9.17, 15) is 13.2 Å². The molecule has 7 heteroatoms. The van der Waals surface area contributed by atoms with E-state index in [0.717, 1.165) is 25.8 Å². The number of hydrogen-bond acceptors (Lipinski definition) is 4. The lowest BCUT2D eigenvalue weighted by atomic mass is 9.87. The standard InChI is InChI=1S/C20H30N2O4S/c1-20(2,3)15-17-7-5-9-22(17)19(23)16-6-4-8-18(14-16)27(24,25)21-10-12-26-13-11-21/h4,6,8,14,17H,5,7,9-13,15H2,1-3H3. The largest absolute Gasteiger partial charge is 0.379 e. The van der Waals surface area contributed by atoms with E-state index in [-0.39, 0.29) is 22.3 Å². The molecule has 2 heterocycles. The summed E-state index contributed by atoms with van der Waals surface area (Å²) in [4.78, 5) is 15.2. The van der Waals surface area contributed by atoms with Gasteiger partial charge in [0, 0.05) is 31.2 Å². The van der Waals surface area contributed by atoms with Crippen LogP contribution in [0, 0.1) is 5.41 Å². The highest BCUT2D eigenvalue weighted by Crippen LogP contribution is 2.31. The number of nitrogens with zero attached hydrogens (tertiary/aromatic N) is 2. The Bertz CT molecular complexity index is 779. The van der Waals surface area contributed by atoms with Crippen LogP contribution in [0.3, 0.4) is 0 Å². The summed E-state index contributed by atoms with van der Waals surface area (Å²) in [5.74, 6) is -0.0687. The normalized spacial score (nSPS) is 22.2. The lowest BCUT2D eigenvalue weighted by Crippen LogP contribution is -2.41. The summed E-state index contributed by atoms with van der Waals surface area (Å²) < 4.78 is 32.4. The third kappa shape index (κ3) is 4.70. The van der Waals surface area contributed by atoms with Gasteiger partial charge in [-0.1, -0.05) is 26.8 Å². The third-order valence-electron chi connectivity index (χ3n) is 5.17. The summed E-state index contributed by atoms with van der Waals surface area (Å²) in [6.45, 7) is 8.79. The van der Waals surface area contributed by atoms with Crippen LogP contribution in [0.1, 0.15) is 50.4 Å². The van der Waals surface area contributed by atoms with Gasteiger partial charge in [0.1, 0.15) is 0 Å². The zero-order valence-electron chi connectivity index (χ0n) is 16.5. The molecule has 2 aliphatic rings. The van der Waals surface area contributed by atoms with Crippen molar-refractivity contribution in [2.75, 3.05) is 32.8 Å². The van der Waals surface area contributed by atoms with Crippen molar-refractivity contribution in [2.24, 2.45) is 5.41 Å². The van der Waals surface area contributed by atoms with Gasteiger partial charge >= 0.3 is 0 Å². The summed E-state index contributed by atoms with van der Waals surface area (Å²) in [6.07, 6.45) is 2.96. The van der Waals surface area contributed by atoms with Crippen LogP contribution in [-0.2, 0) is 14.8 Å². The number of hydrogen-bond donors (Lipinski definition) is 0.